The predicted molar refractivity (Wildman–Crippen MR) is 106 cm³/mol. The SMILES string of the molecule is Cc1nc(-c2ccnc3ccccc23)nc(-c2ccnc3ccccc23)n1. The highest BCUT2D eigenvalue weighted by Crippen LogP contribution is 2.28. The minimum atomic E-state index is 0.650. The zero-order valence-electron chi connectivity index (χ0n) is 14.7. The van der Waals surface area contributed by atoms with Crippen molar-refractivity contribution in [3.05, 3.63) is 78.9 Å². The molecule has 0 fully saturated rings. The van der Waals surface area contributed by atoms with E-state index in [1.807, 2.05) is 67.6 Å². The molecule has 27 heavy (non-hydrogen) atoms. The predicted octanol–water partition coefficient (Wildman–Crippen LogP) is 4.61. The van der Waals surface area contributed by atoms with Crippen LogP contribution in [0.1, 0.15) is 5.82 Å². The standard InChI is InChI=1S/C22H15N5/c1-14-25-21(17-10-12-23-19-8-4-2-6-15(17)19)27-22(26-14)18-11-13-24-20-9-5-3-7-16(18)20/h2-13H,1H3. The van der Waals surface area contributed by atoms with Gasteiger partial charge < -0.3 is 0 Å². The van der Waals surface area contributed by atoms with Crippen molar-refractivity contribution < 1.29 is 0 Å². The number of hydrogen-bond donors (Lipinski definition) is 0. The lowest BCUT2D eigenvalue weighted by atomic mass is 10.1. The Morgan fingerprint density at radius 3 is 1.56 bits per heavy atom. The Balaban J connectivity index is 1.76. The van der Waals surface area contributed by atoms with Gasteiger partial charge >= 0.3 is 0 Å². The van der Waals surface area contributed by atoms with E-state index in [0.717, 1.165) is 32.9 Å². The summed E-state index contributed by atoms with van der Waals surface area (Å²) < 4.78 is 0. The van der Waals surface area contributed by atoms with E-state index in [2.05, 4.69) is 19.9 Å². The number of aryl methyl sites for hydroxylation is 1. The van der Waals surface area contributed by atoms with E-state index in [0.29, 0.717) is 17.5 Å². The van der Waals surface area contributed by atoms with E-state index < -0.39 is 0 Å². The Morgan fingerprint density at radius 1 is 0.556 bits per heavy atom. The Bertz CT molecular complexity index is 1190. The third kappa shape index (κ3) is 2.69. The average Bonchev–Trinajstić information content (AvgIpc) is 2.72. The first kappa shape index (κ1) is 15.5. The average molecular weight is 349 g/mol. The first-order valence-corrected chi connectivity index (χ1v) is 8.70. The highest BCUT2D eigenvalue weighted by Gasteiger charge is 2.13. The third-order valence-electron chi connectivity index (χ3n) is 4.53. The number of fused-ring (bicyclic) bond motifs is 2. The summed E-state index contributed by atoms with van der Waals surface area (Å²) in [6.07, 6.45) is 3.58. The second-order valence-corrected chi connectivity index (χ2v) is 6.28. The van der Waals surface area contributed by atoms with Crippen molar-refractivity contribution in [3.63, 3.8) is 0 Å². The van der Waals surface area contributed by atoms with Crippen LogP contribution in [0.15, 0.2) is 73.1 Å². The molecule has 5 heteroatoms. The van der Waals surface area contributed by atoms with E-state index in [-0.39, 0.29) is 0 Å². The summed E-state index contributed by atoms with van der Waals surface area (Å²) >= 11 is 0. The van der Waals surface area contributed by atoms with Crippen LogP contribution in [0, 0.1) is 6.92 Å². The maximum atomic E-state index is 4.80. The van der Waals surface area contributed by atoms with E-state index >= 15 is 0 Å². The largest absolute Gasteiger partial charge is 0.256 e. The maximum Gasteiger partial charge on any atom is 0.164 e. The highest BCUT2D eigenvalue weighted by molar-refractivity contribution is 5.94. The minimum Gasteiger partial charge on any atom is -0.256 e. The number of hydrogen-bond acceptors (Lipinski definition) is 5. The van der Waals surface area contributed by atoms with Crippen LogP contribution in [0.2, 0.25) is 0 Å². The fraction of sp³-hybridized carbons (Fsp3) is 0.0455. The van der Waals surface area contributed by atoms with Crippen molar-refractivity contribution in [3.8, 4) is 22.8 Å². The molecule has 0 bridgehead atoms. The molecule has 0 atom stereocenters. The molecule has 0 saturated carbocycles. The van der Waals surface area contributed by atoms with Crippen LogP contribution < -0.4 is 0 Å². The van der Waals surface area contributed by atoms with Crippen molar-refractivity contribution in [2.24, 2.45) is 0 Å². The number of nitrogens with zero attached hydrogens (tertiary/aromatic N) is 5. The molecule has 0 N–H and O–H groups in total. The van der Waals surface area contributed by atoms with E-state index in [1.165, 1.54) is 0 Å². The molecule has 0 unspecified atom stereocenters. The second kappa shape index (κ2) is 6.21. The van der Waals surface area contributed by atoms with Gasteiger partial charge in [-0.3, -0.25) is 9.97 Å². The van der Waals surface area contributed by atoms with Crippen LogP contribution in [0.4, 0.5) is 0 Å². The van der Waals surface area contributed by atoms with Gasteiger partial charge in [0.2, 0.25) is 0 Å². The van der Waals surface area contributed by atoms with Crippen LogP contribution in [0.3, 0.4) is 0 Å². The molecule has 5 rings (SSSR count). The van der Waals surface area contributed by atoms with Crippen molar-refractivity contribution in [2.75, 3.05) is 0 Å². The molecule has 5 aromatic rings. The summed E-state index contributed by atoms with van der Waals surface area (Å²) in [7, 11) is 0. The second-order valence-electron chi connectivity index (χ2n) is 6.28. The van der Waals surface area contributed by atoms with Crippen LogP contribution >= 0.6 is 0 Å². The molecule has 0 aliphatic carbocycles. The quantitative estimate of drug-likeness (QED) is 0.466. The zero-order chi connectivity index (χ0) is 18.2. The Hall–Kier alpha value is -3.73. The van der Waals surface area contributed by atoms with Gasteiger partial charge in [0.15, 0.2) is 11.6 Å². The number of aromatic nitrogens is 5. The normalized spacial score (nSPS) is 11.1. The van der Waals surface area contributed by atoms with Crippen molar-refractivity contribution in [2.45, 2.75) is 6.92 Å². The molecule has 0 aliphatic rings. The molecule has 0 spiro atoms. The van der Waals surface area contributed by atoms with Gasteiger partial charge in [-0.15, -0.1) is 0 Å². The lowest BCUT2D eigenvalue weighted by Crippen LogP contribution is -2.00. The number of benzene rings is 2. The van der Waals surface area contributed by atoms with Gasteiger partial charge in [0.25, 0.3) is 0 Å². The first-order chi connectivity index (χ1) is 13.3. The van der Waals surface area contributed by atoms with Gasteiger partial charge in [-0.05, 0) is 31.2 Å². The molecule has 3 heterocycles. The topological polar surface area (TPSA) is 64.5 Å². The van der Waals surface area contributed by atoms with Crippen molar-refractivity contribution in [1.29, 1.82) is 0 Å². The lowest BCUT2D eigenvalue weighted by molar-refractivity contribution is 0.994. The van der Waals surface area contributed by atoms with Crippen LogP contribution in [0.25, 0.3) is 44.6 Å². The van der Waals surface area contributed by atoms with E-state index in [9.17, 15) is 0 Å². The third-order valence-corrected chi connectivity index (χ3v) is 4.53. The first-order valence-electron chi connectivity index (χ1n) is 8.70. The van der Waals surface area contributed by atoms with Gasteiger partial charge in [0.05, 0.1) is 11.0 Å². The highest BCUT2D eigenvalue weighted by atomic mass is 15.0. The smallest absolute Gasteiger partial charge is 0.164 e. The molecule has 0 amide bonds. The summed E-state index contributed by atoms with van der Waals surface area (Å²) in [6.45, 7) is 1.89. The van der Waals surface area contributed by atoms with E-state index in [4.69, 9.17) is 4.98 Å². The lowest BCUT2D eigenvalue weighted by Gasteiger charge is -2.09. The molecule has 5 nitrogen and oxygen atoms in total. The summed E-state index contributed by atoms with van der Waals surface area (Å²) in [5.41, 5.74) is 3.74. The summed E-state index contributed by atoms with van der Waals surface area (Å²) in [4.78, 5) is 22.8. The monoisotopic (exact) mass is 349 g/mol. The van der Waals surface area contributed by atoms with Gasteiger partial charge in [-0.1, -0.05) is 36.4 Å². The zero-order valence-corrected chi connectivity index (χ0v) is 14.7. The van der Waals surface area contributed by atoms with Crippen molar-refractivity contribution in [1.82, 2.24) is 24.9 Å². The van der Waals surface area contributed by atoms with Crippen molar-refractivity contribution >= 4 is 21.8 Å². The number of rotatable bonds is 2. The Kier molecular flexibility index (Phi) is 3.57. The maximum absolute atomic E-state index is 4.80. The molecular weight excluding hydrogens is 334 g/mol. The molecule has 128 valence electrons. The van der Waals surface area contributed by atoms with Gasteiger partial charge in [-0.25, -0.2) is 15.0 Å². The van der Waals surface area contributed by atoms with E-state index in [1.54, 1.807) is 12.4 Å². The van der Waals surface area contributed by atoms with Gasteiger partial charge in [0, 0.05) is 34.3 Å². The van der Waals surface area contributed by atoms with Gasteiger partial charge in [0.1, 0.15) is 5.82 Å². The fourth-order valence-electron chi connectivity index (χ4n) is 3.30. The molecule has 2 aromatic carbocycles. The summed E-state index contributed by atoms with van der Waals surface area (Å²) in [5.74, 6) is 1.98. The number of pyridine rings is 2. The van der Waals surface area contributed by atoms with Crippen LogP contribution in [0.5, 0.6) is 0 Å². The molecule has 0 radical (unpaired) electrons. The summed E-state index contributed by atoms with van der Waals surface area (Å²) in [5, 5.41) is 2.05. The molecule has 3 aromatic heterocycles. The Morgan fingerprint density at radius 2 is 1.04 bits per heavy atom. The van der Waals surface area contributed by atoms with Crippen LogP contribution in [-0.4, -0.2) is 24.9 Å². The number of para-hydroxylation sites is 2. The minimum absolute atomic E-state index is 0.650. The molecule has 0 saturated heterocycles. The summed E-state index contributed by atoms with van der Waals surface area (Å²) in [6, 6.07) is 19.9. The van der Waals surface area contributed by atoms with Crippen LogP contribution in [-0.2, 0) is 0 Å². The molecular formula is C22H15N5. The fourth-order valence-corrected chi connectivity index (χ4v) is 3.30. The van der Waals surface area contributed by atoms with Gasteiger partial charge in [-0.2, -0.15) is 0 Å². The molecule has 0 aliphatic heterocycles. The Labute approximate surface area is 155 Å².